The van der Waals surface area contributed by atoms with Gasteiger partial charge in [0.05, 0.1) is 6.61 Å². The summed E-state index contributed by atoms with van der Waals surface area (Å²) >= 11 is 1.73. The molecule has 0 fully saturated rings. The summed E-state index contributed by atoms with van der Waals surface area (Å²) in [5.74, 6) is 0. The summed E-state index contributed by atoms with van der Waals surface area (Å²) in [6.45, 7) is 12.6. The van der Waals surface area contributed by atoms with Crippen LogP contribution in [0.15, 0.2) is 84.2 Å². The molecule has 2 N–H and O–H groups in total. The van der Waals surface area contributed by atoms with E-state index in [2.05, 4.69) is 119 Å². The first-order valence-corrected chi connectivity index (χ1v) is 14.7. The Kier molecular flexibility index (Phi) is 7.24. The Bertz CT molecular complexity index is 1200. The summed E-state index contributed by atoms with van der Waals surface area (Å²) in [7, 11) is -2.60. The first-order valence-electron chi connectivity index (χ1n) is 11.9. The number of thiophene rings is 1. The summed E-state index contributed by atoms with van der Waals surface area (Å²) in [5, 5.41) is 4.71. The molecule has 34 heavy (non-hydrogen) atoms. The van der Waals surface area contributed by atoms with Crippen LogP contribution in [0.25, 0.3) is 11.1 Å². The Balaban J connectivity index is 1.83. The van der Waals surface area contributed by atoms with E-state index in [9.17, 15) is 0 Å². The standard InChI is InChI=1S/C30H35NOSSi/c1-22-16-17-26(27-18-19-33-29(27)20-31)23(2)28(22)21-32-34(30(3,4)5,24-12-8-6-9-13-24)25-14-10-7-11-15-25/h6-19H,20-21,31H2,1-5H3. The van der Waals surface area contributed by atoms with Crippen molar-refractivity contribution in [2.45, 2.75) is 52.8 Å². The van der Waals surface area contributed by atoms with E-state index in [1.807, 2.05) is 0 Å². The van der Waals surface area contributed by atoms with E-state index in [4.69, 9.17) is 10.2 Å². The van der Waals surface area contributed by atoms with E-state index >= 15 is 0 Å². The fraction of sp³-hybridized carbons (Fsp3) is 0.267. The van der Waals surface area contributed by atoms with Crippen molar-refractivity contribution in [3.8, 4) is 11.1 Å². The van der Waals surface area contributed by atoms with Crippen molar-refractivity contribution in [2.24, 2.45) is 5.73 Å². The molecule has 0 spiro atoms. The van der Waals surface area contributed by atoms with Crippen molar-refractivity contribution < 1.29 is 4.43 Å². The van der Waals surface area contributed by atoms with Crippen molar-refractivity contribution >= 4 is 30.0 Å². The second-order valence-corrected chi connectivity index (χ2v) is 15.3. The second kappa shape index (κ2) is 10.0. The molecular weight excluding hydrogens is 450 g/mol. The minimum atomic E-state index is -2.60. The van der Waals surface area contributed by atoms with Crippen LogP contribution in [-0.4, -0.2) is 8.32 Å². The molecule has 2 nitrogen and oxygen atoms in total. The van der Waals surface area contributed by atoms with Crippen molar-refractivity contribution in [3.63, 3.8) is 0 Å². The second-order valence-electron chi connectivity index (χ2n) is 9.95. The Hall–Kier alpha value is -2.50. The van der Waals surface area contributed by atoms with Crippen LogP contribution in [0.4, 0.5) is 0 Å². The lowest BCUT2D eigenvalue weighted by Gasteiger charge is -2.43. The van der Waals surface area contributed by atoms with E-state index in [0.29, 0.717) is 13.2 Å². The molecule has 1 heterocycles. The normalized spacial score (nSPS) is 12.2. The molecule has 176 valence electrons. The van der Waals surface area contributed by atoms with Crippen LogP contribution in [0.3, 0.4) is 0 Å². The molecule has 0 amide bonds. The van der Waals surface area contributed by atoms with Gasteiger partial charge in [0, 0.05) is 11.4 Å². The van der Waals surface area contributed by atoms with E-state index in [1.54, 1.807) is 11.3 Å². The smallest absolute Gasteiger partial charge is 0.261 e. The maximum absolute atomic E-state index is 7.26. The molecule has 0 saturated heterocycles. The predicted molar refractivity (Wildman–Crippen MR) is 150 cm³/mol. The number of nitrogens with two attached hydrogens (primary N) is 1. The van der Waals surface area contributed by atoms with Gasteiger partial charge < -0.3 is 10.2 Å². The van der Waals surface area contributed by atoms with Crippen LogP contribution < -0.4 is 16.1 Å². The molecular formula is C30H35NOSSi. The van der Waals surface area contributed by atoms with Gasteiger partial charge in [0.1, 0.15) is 0 Å². The molecule has 0 aliphatic heterocycles. The van der Waals surface area contributed by atoms with Gasteiger partial charge in [-0.05, 0) is 68.5 Å². The molecule has 0 radical (unpaired) electrons. The molecule has 0 aliphatic carbocycles. The number of aryl methyl sites for hydroxylation is 1. The Morgan fingerprint density at radius 2 is 1.38 bits per heavy atom. The number of hydrogen-bond acceptors (Lipinski definition) is 3. The van der Waals surface area contributed by atoms with E-state index < -0.39 is 8.32 Å². The third-order valence-electron chi connectivity index (χ3n) is 6.90. The molecule has 0 unspecified atom stereocenters. The summed E-state index contributed by atoms with van der Waals surface area (Å²) in [4.78, 5) is 1.23. The van der Waals surface area contributed by atoms with Gasteiger partial charge in [0.15, 0.2) is 0 Å². The van der Waals surface area contributed by atoms with E-state index in [0.717, 1.165) is 0 Å². The molecule has 0 aliphatic rings. The van der Waals surface area contributed by atoms with Gasteiger partial charge in [-0.1, -0.05) is 93.6 Å². The highest BCUT2D eigenvalue weighted by molar-refractivity contribution is 7.10. The molecule has 0 saturated carbocycles. The zero-order valence-electron chi connectivity index (χ0n) is 20.9. The number of hydrogen-bond donors (Lipinski definition) is 1. The highest BCUT2D eigenvalue weighted by atomic mass is 32.1. The zero-order valence-corrected chi connectivity index (χ0v) is 22.7. The molecule has 4 aromatic rings. The lowest BCUT2D eigenvalue weighted by molar-refractivity contribution is 0.285. The first-order chi connectivity index (χ1) is 16.3. The zero-order chi connectivity index (χ0) is 24.3. The molecule has 0 atom stereocenters. The van der Waals surface area contributed by atoms with Crippen molar-refractivity contribution in [1.29, 1.82) is 0 Å². The van der Waals surface area contributed by atoms with Crippen LogP contribution in [-0.2, 0) is 17.6 Å². The Morgan fingerprint density at radius 1 is 0.794 bits per heavy atom. The van der Waals surface area contributed by atoms with E-state index in [1.165, 1.54) is 43.1 Å². The summed E-state index contributed by atoms with van der Waals surface area (Å²) in [5.41, 5.74) is 12.4. The summed E-state index contributed by atoms with van der Waals surface area (Å²) in [6, 6.07) is 28.4. The van der Waals surface area contributed by atoms with E-state index in [-0.39, 0.29) is 5.04 Å². The highest BCUT2D eigenvalue weighted by Gasteiger charge is 2.50. The molecule has 4 rings (SSSR count). The van der Waals surface area contributed by atoms with Crippen molar-refractivity contribution in [2.75, 3.05) is 0 Å². The molecule has 1 aromatic heterocycles. The van der Waals surface area contributed by atoms with Gasteiger partial charge in [0.2, 0.25) is 0 Å². The Labute approximate surface area is 209 Å². The lowest BCUT2D eigenvalue weighted by Crippen LogP contribution is -2.66. The van der Waals surface area contributed by atoms with Crippen LogP contribution in [0.2, 0.25) is 5.04 Å². The van der Waals surface area contributed by atoms with Gasteiger partial charge in [-0.2, -0.15) is 0 Å². The quantitative estimate of drug-likeness (QED) is 0.301. The maximum Gasteiger partial charge on any atom is 0.261 e. The van der Waals surface area contributed by atoms with Gasteiger partial charge in [-0.25, -0.2) is 0 Å². The highest BCUT2D eigenvalue weighted by Crippen LogP contribution is 2.39. The average Bonchev–Trinajstić information content (AvgIpc) is 3.30. The molecule has 3 aromatic carbocycles. The van der Waals surface area contributed by atoms with Gasteiger partial charge in [0.25, 0.3) is 8.32 Å². The Morgan fingerprint density at radius 3 is 1.91 bits per heavy atom. The van der Waals surface area contributed by atoms with Crippen LogP contribution in [0.1, 0.15) is 42.3 Å². The van der Waals surface area contributed by atoms with Gasteiger partial charge in [-0.15, -0.1) is 11.3 Å². The fourth-order valence-electron chi connectivity index (χ4n) is 5.09. The fourth-order valence-corrected chi connectivity index (χ4v) is 10.4. The monoisotopic (exact) mass is 485 g/mol. The summed E-state index contributed by atoms with van der Waals surface area (Å²) in [6.07, 6.45) is 0. The molecule has 4 heteroatoms. The lowest BCUT2D eigenvalue weighted by atomic mass is 9.94. The van der Waals surface area contributed by atoms with Crippen LogP contribution in [0, 0.1) is 13.8 Å². The maximum atomic E-state index is 7.26. The first kappa shape index (κ1) is 24.6. The third-order valence-corrected chi connectivity index (χ3v) is 12.8. The van der Waals surface area contributed by atoms with Gasteiger partial charge >= 0.3 is 0 Å². The largest absolute Gasteiger partial charge is 0.403 e. The predicted octanol–water partition coefficient (Wildman–Crippen LogP) is 6.57. The van der Waals surface area contributed by atoms with Crippen molar-refractivity contribution in [3.05, 3.63) is 106 Å². The SMILES string of the molecule is Cc1ccc(-c2ccsc2CN)c(C)c1CO[Si](c1ccccc1)(c1ccccc1)C(C)(C)C. The van der Waals surface area contributed by atoms with Crippen LogP contribution >= 0.6 is 11.3 Å². The number of rotatable bonds is 7. The molecule has 0 bridgehead atoms. The minimum absolute atomic E-state index is 0.0464. The topological polar surface area (TPSA) is 35.2 Å². The summed E-state index contributed by atoms with van der Waals surface area (Å²) < 4.78 is 7.26. The average molecular weight is 486 g/mol. The third kappa shape index (κ3) is 4.43. The van der Waals surface area contributed by atoms with Gasteiger partial charge in [-0.3, -0.25) is 0 Å². The number of benzene rings is 3. The van der Waals surface area contributed by atoms with Crippen molar-refractivity contribution in [1.82, 2.24) is 0 Å². The minimum Gasteiger partial charge on any atom is -0.403 e. The van der Waals surface area contributed by atoms with Crippen LogP contribution in [0.5, 0.6) is 0 Å².